The molecule has 0 radical (unpaired) electrons. The Kier molecular flexibility index (Phi) is 7.24. The van der Waals surface area contributed by atoms with Gasteiger partial charge in [0.1, 0.15) is 0 Å². The maximum Gasteiger partial charge on any atom is 0.416 e. The van der Waals surface area contributed by atoms with E-state index in [0.29, 0.717) is 18.8 Å². The molecule has 4 N–H and O–H groups in total. The summed E-state index contributed by atoms with van der Waals surface area (Å²) in [5.41, 5.74) is -0.726. The topological polar surface area (TPSA) is 106 Å². The van der Waals surface area contributed by atoms with Crippen molar-refractivity contribution in [3.63, 3.8) is 0 Å². The molecule has 2 aliphatic heterocycles. The van der Waals surface area contributed by atoms with E-state index in [2.05, 4.69) is 20.9 Å². The van der Waals surface area contributed by atoms with E-state index in [1.54, 1.807) is 0 Å². The fourth-order valence-electron chi connectivity index (χ4n) is 3.58. The lowest BCUT2D eigenvalue weighted by atomic mass is 10.0. The van der Waals surface area contributed by atoms with Gasteiger partial charge in [-0.05, 0) is 37.5 Å². The average molecular weight is 441 g/mol. The molecule has 0 unspecified atom stereocenters. The largest absolute Gasteiger partial charge is 0.481 e. The SMILES string of the molecule is O=C(O)CCNC(=O)c1cc(N2CCC(NC3=NCCCN3)CC2)cc(C(F)(F)F)c1. The Balaban J connectivity index is 1.69. The van der Waals surface area contributed by atoms with Gasteiger partial charge in [-0.3, -0.25) is 14.6 Å². The molecule has 31 heavy (non-hydrogen) atoms. The van der Waals surface area contributed by atoms with Gasteiger partial charge >= 0.3 is 12.1 Å². The zero-order chi connectivity index (χ0) is 22.4. The molecule has 0 aliphatic carbocycles. The maximum atomic E-state index is 13.4. The van der Waals surface area contributed by atoms with Crippen molar-refractivity contribution in [1.82, 2.24) is 16.0 Å². The zero-order valence-corrected chi connectivity index (χ0v) is 17.0. The number of nitrogens with zero attached hydrogens (tertiary/aromatic N) is 2. The van der Waals surface area contributed by atoms with Gasteiger partial charge in [0.05, 0.1) is 12.0 Å². The van der Waals surface area contributed by atoms with E-state index in [1.807, 2.05) is 4.90 Å². The van der Waals surface area contributed by atoms with Gasteiger partial charge in [-0.25, -0.2) is 0 Å². The molecule has 0 spiro atoms. The normalized spacial score (nSPS) is 17.5. The lowest BCUT2D eigenvalue weighted by Gasteiger charge is -2.35. The van der Waals surface area contributed by atoms with Crippen LogP contribution in [-0.2, 0) is 11.0 Å². The van der Waals surface area contributed by atoms with Crippen LogP contribution in [-0.4, -0.2) is 61.7 Å². The number of hydrogen-bond acceptors (Lipinski definition) is 6. The van der Waals surface area contributed by atoms with Crippen molar-refractivity contribution in [3.8, 4) is 0 Å². The summed E-state index contributed by atoms with van der Waals surface area (Å²) >= 11 is 0. The number of anilines is 1. The second-order valence-corrected chi connectivity index (χ2v) is 7.58. The summed E-state index contributed by atoms with van der Waals surface area (Å²) in [6.07, 6.45) is -2.48. The molecule has 2 heterocycles. The summed E-state index contributed by atoms with van der Waals surface area (Å²) in [6.45, 7) is 2.55. The van der Waals surface area contributed by atoms with Crippen LogP contribution < -0.4 is 20.9 Å². The van der Waals surface area contributed by atoms with Gasteiger partial charge in [-0.1, -0.05) is 0 Å². The van der Waals surface area contributed by atoms with Gasteiger partial charge in [0, 0.05) is 50.0 Å². The van der Waals surface area contributed by atoms with E-state index in [-0.39, 0.29) is 24.6 Å². The van der Waals surface area contributed by atoms with Crippen molar-refractivity contribution < 1.29 is 27.9 Å². The van der Waals surface area contributed by atoms with E-state index < -0.39 is 23.6 Å². The van der Waals surface area contributed by atoms with Gasteiger partial charge in [-0.15, -0.1) is 0 Å². The fourth-order valence-corrected chi connectivity index (χ4v) is 3.58. The number of carbonyl (C=O) groups excluding carboxylic acids is 1. The number of aliphatic carboxylic acids is 1. The van der Waals surface area contributed by atoms with Crippen LogP contribution >= 0.6 is 0 Å². The molecule has 1 aromatic carbocycles. The minimum absolute atomic E-state index is 0.142. The molecule has 0 bridgehead atoms. The molecule has 1 amide bonds. The number of amides is 1. The second kappa shape index (κ2) is 9.88. The maximum absolute atomic E-state index is 13.4. The van der Waals surface area contributed by atoms with Gasteiger partial charge in [0.2, 0.25) is 0 Å². The fraction of sp³-hybridized carbons (Fsp3) is 0.550. The van der Waals surface area contributed by atoms with Gasteiger partial charge < -0.3 is 26.0 Å². The van der Waals surface area contributed by atoms with Crippen LogP contribution in [0.4, 0.5) is 18.9 Å². The summed E-state index contributed by atoms with van der Waals surface area (Å²) in [7, 11) is 0. The van der Waals surface area contributed by atoms with Crippen LogP contribution in [0.15, 0.2) is 23.2 Å². The molecule has 0 atom stereocenters. The first-order chi connectivity index (χ1) is 14.7. The smallest absolute Gasteiger partial charge is 0.416 e. The second-order valence-electron chi connectivity index (χ2n) is 7.58. The Bertz CT molecular complexity index is 836. The monoisotopic (exact) mass is 441 g/mol. The number of halogens is 3. The summed E-state index contributed by atoms with van der Waals surface area (Å²) in [6, 6.07) is 3.44. The molecule has 3 rings (SSSR count). The Hall–Kier alpha value is -2.98. The molecule has 1 aromatic rings. The number of carboxylic acid groups (broad SMARTS) is 1. The molecule has 170 valence electrons. The number of rotatable bonds is 6. The molecule has 0 aromatic heterocycles. The number of aliphatic imine (C=N–C) groups is 1. The van der Waals surface area contributed by atoms with Crippen molar-refractivity contribution in [1.29, 1.82) is 0 Å². The predicted molar refractivity (Wildman–Crippen MR) is 109 cm³/mol. The van der Waals surface area contributed by atoms with Crippen LogP contribution in [0.5, 0.6) is 0 Å². The van der Waals surface area contributed by atoms with Crippen molar-refractivity contribution in [2.75, 3.05) is 37.6 Å². The van der Waals surface area contributed by atoms with Crippen molar-refractivity contribution in [3.05, 3.63) is 29.3 Å². The molecule has 2 aliphatic rings. The first kappa shape index (κ1) is 22.7. The van der Waals surface area contributed by atoms with Crippen LogP contribution in [0, 0.1) is 0 Å². The lowest BCUT2D eigenvalue weighted by Crippen LogP contribution is -2.50. The van der Waals surface area contributed by atoms with Crippen LogP contribution in [0.2, 0.25) is 0 Å². The van der Waals surface area contributed by atoms with Gasteiger partial charge in [0.25, 0.3) is 5.91 Å². The summed E-state index contributed by atoms with van der Waals surface area (Å²) in [5, 5.41) is 17.6. The van der Waals surface area contributed by atoms with E-state index in [1.165, 1.54) is 6.07 Å². The molecule has 1 saturated heterocycles. The highest BCUT2D eigenvalue weighted by Crippen LogP contribution is 2.33. The predicted octanol–water partition coefficient (Wildman–Crippen LogP) is 1.82. The molecular formula is C20H26F3N5O3. The minimum Gasteiger partial charge on any atom is -0.481 e. The standard InChI is InChI=1S/C20H26F3N5O3/c21-20(22,23)14-10-13(18(31)24-7-2-17(29)30)11-16(12-14)28-8-3-15(4-9-28)27-19-25-5-1-6-26-19/h10-12,15H,1-9H2,(H,24,31)(H,29,30)(H2,25,26,27). The minimum atomic E-state index is -4.60. The van der Waals surface area contributed by atoms with E-state index >= 15 is 0 Å². The first-order valence-corrected chi connectivity index (χ1v) is 10.2. The highest BCUT2D eigenvalue weighted by Gasteiger charge is 2.33. The highest BCUT2D eigenvalue weighted by atomic mass is 19.4. The summed E-state index contributed by atoms with van der Waals surface area (Å²) in [4.78, 5) is 29.1. The van der Waals surface area contributed by atoms with Crippen LogP contribution in [0.3, 0.4) is 0 Å². The highest BCUT2D eigenvalue weighted by molar-refractivity contribution is 5.95. The first-order valence-electron chi connectivity index (χ1n) is 10.2. The molecule has 1 fully saturated rings. The van der Waals surface area contributed by atoms with Crippen molar-refractivity contribution in [2.24, 2.45) is 4.99 Å². The number of benzene rings is 1. The molecule has 11 heteroatoms. The number of alkyl halides is 3. The Morgan fingerprint density at radius 1 is 1.23 bits per heavy atom. The zero-order valence-electron chi connectivity index (χ0n) is 17.0. The molecule has 0 saturated carbocycles. The summed E-state index contributed by atoms with van der Waals surface area (Å²) < 4.78 is 40.2. The summed E-state index contributed by atoms with van der Waals surface area (Å²) in [5.74, 6) is -1.06. The number of hydrogen-bond donors (Lipinski definition) is 4. The third-order valence-electron chi connectivity index (χ3n) is 5.23. The van der Waals surface area contributed by atoms with Crippen LogP contribution in [0.25, 0.3) is 0 Å². The average Bonchev–Trinajstić information content (AvgIpc) is 2.74. The third-order valence-corrected chi connectivity index (χ3v) is 5.23. The van der Waals surface area contributed by atoms with Crippen molar-refractivity contribution >= 4 is 23.5 Å². The van der Waals surface area contributed by atoms with Gasteiger partial charge in [-0.2, -0.15) is 13.2 Å². The lowest BCUT2D eigenvalue weighted by molar-refractivity contribution is -0.138. The van der Waals surface area contributed by atoms with Crippen molar-refractivity contribution in [2.45, 2.75) is 37.9 Å². The van der Waals surface area contributed by atoms with E-state index in [4.69, 9.17) is 5.11 Å². The van der Waals surface area contributed by atoms with Crippen LogP contribution in [0.1, 0.15) is 41.6 Å². The Morgan fingerprint density at radius 2 is 1.97 bits per heavy atom. The third kappa shape index (κ3) is 6.50. The number of nitrogens with one attached hydrogen (secondary N) is 3. The number of piperidine rings is 1. The molecule has 8 nitrogen and oxygen atoms in total. The Labute approximate surface area is 177 Å². The number of carboxylic acids is 1. The van der Waals surface area contributed by atoms with E-state index in [0.717, 1.165) is 50.4 Å². The number of carbonyl (C=O) groups is 2. The quantitative estimate of drug-likeness (QED) is 0.537. The van der Waals surface area contributed by atoms with Gasteiger partial charge in [0.15, 0.2) is 5.96 Å². The number of guanidine groups is 1. The Morgan fingerprint density at radius 3 is 2.58 bits per heavy atom. The van der Waals surface area contributed by atoms with E-state index in [9.17, 15) is 22.8 Å². The molecular weight excluding hydrogens is 415 g/mol.